The van der Waals surface area contributed by atoms with Crippen LogP contribution in [-0.2, 0) is 0 Å². The maximum Gasteiger partial charge on any atom is 0.457 e. The van der Waals surface area contributed by atoms with Crippen LogP contribution in [0.2, 0.25) is 0 Å². The van der Waals surface area contributed by atoms with E-state index in [4.69, 9.17) is 0 Å². The molecular weight excluding hydrogens is 260 g/mol. The SMILES string of the molecule is FC(F)(F)C1=C(C(F)(F)C(F)(F)F)CCC=C1. The number of hydrogen-bond acceptors (Lipinski definition) is 0. The van der Waals surface area contributed by atoms with Gasteiger partial charge in [-0.3, -0.25) is 0 Å². The van der Waals surface area contributed by atoms with Gasteiger partial charge in [-0.1, -0.05) is 12.2 Å². The average Bonchev–Trinajstić information content (AvgIpc) is 2.14. The third-order valence-electron chi connectivity index (χ3n) is 2.21. The van der Waals surface area contributed by atoms with Crippen molar-refractivity contribution in [2.24, 2.45) is 0 Å². The quantitative estimate of drug-likeness (QED) is 0.617. The Hall–Kier alpha value is -1.08. The van der Waals surface area contributed by atoms with Crippen LogP contribution in [0.3, 0.4) is 0 Å². The Morgan fingerprint density at radius 3 is 1.82 bits per heavy atom. The lowest BCUT2D eigenvalue weighted by molar-refractivity contribution is -0.266. The lowest BCUT2D eigenvalue weighted by Gasteiger charge is -2.27. The number of rotatable bonds is 1. The maximum absolute atomic E-state index is 12.9. The zero-order chi connectivity index (χ0) is 13.5. The van der Waals surface area contributed by atoms with Crippen LogP contribution >= 0.6 is 0 Å². The molecular formula is C9H6F8. The van der Waals surface area contributed by atoms with E-state index in [1.54, 1.807) is 0 Å². The fraction of sp³-hybridized carbons (Fsp3) is 0.556. The van der Waals surface area contributed by atoms with Gasteiger partial charge in [0.1, 0.15) is 0 Å². The Labute approximate surface area is 90.6 Å². The molecule has 98 valence electrons. The summed E-state index contributed by atoms with van der Waals surface area (Å²) in [7, 11) is 0. The Kier molecular flexibility index (Phi) is 3.28. The number of halogens is 8. The molecule has 0 fully saturated rings. The lowest BCUT2D eigenvalue weighted by Crippen LogP contribution is -2.40. The maximum atomic E-state index is 12.9. The first-order chi connectivity index (χ1) is 7.48. The van der Waals surface area contributed by atoms with E-state index in [9.17, 15) is 35.1 Å². The molecule has 0 aromatic carbocycles. The lowest BCUT2D eigenvalue weighted by atomic mass is 9.92. The smallest absolute Gasteiger partial charge is 0.191 e. The molecule has 0 amide bonds. The van der Waals surface area contributed by atoms with Gasteiger partial charge in [0, 0.05) is 5.57 Å². The molecule has 0 atom stereocenters. The van der Waals surface area contributed by atoms with Gasteiger partial charge in [0.25, 0.3) is 0 Å². The van der Waals surface area contributed by atoms with Crippen molar-refractivity contribution in [3.05, 3.63) is 23.3 Å². The molecule has 0 aromatic rings. The Morgan fingerprint density at radius 2 is 1.41 bits per heavy atom. The molecule has 17 heavy (non-hydrogen) atoms. The molecule has 0 aliphatic heterocycles. The van der Waals surface area contributed by atoms with E-state index in [0.29, 0.717) is 0 Å². The topological polar surface area (TPSA) is 0 Å². The van der Waals surface area contributed by atoms with Gasteiger partial charge in [0.2, 0.25) is 0 Å². The summed E-state index contributed by atoms with van der Waals surface area (Å²) in [5, 5.41) is 0. The van der Waals surface area contributed by atoms with E-state index in [-0.39, 0.29) is 12.5 Å². The Balaban J connectivity index is 3.34. The van der Waals surface area contributed by atoms with Crippen molar-refractivity contribution in [2.45, 2.75) is 31.1 Å². The highest BCUT2D eigenvalue weighted by atomic mass is 19.4. The second-order valence-electron chi connectivity index (χ2n) is 3.40. The number of alkyl halides is 8. The molecule has 0 bridgehead atoms. The summed E-state index contributed by atoms with van der Waals surface area (Å²) in [5.41, 5.74) is -3.83. The summed E-state index contributed by atoms with van der Waals surface area (Å²) in [5.74, 6) is -5.46. The van der Waals surface area contributed by atoms with Crippen LogP contribution in [0.5, 0.6) is 0 Å². The van der Waals surface area contributed by atoms with Gasteiger partial charge < -0.3 is 0 Å². The highest BCUT2D eigenvalue weighted by Gasteiger charge is 2.61. The second kappa shape index (κ2) is 3.99. The van der Waals surface area contributed by atoms with Crippen molar-refractivity contribution in [1.82, 2.24) is 0 Å². The van der Waals surface area contributed by atoms with Crippen molar-refractivity contribution in [1.29, 1.82) is 0 Å². The number of allylic oxidation sites excluding steroid dienone is 4. The molecule has 0 nitrogen and oxygen atoms in total. The molecule has 0 unspecified atom stereocenters. The van der Waals surface area contributed by atoms with Crippen LogP contribution in [-0.4, -0.2) is 18.3 Å². The summed E-state index contributed by atoms with van der Waals surface area (Å²) < 4.78 is 98.7. The molecule has 8 heteroatoms. The van der Waals surface area contributed by atoms with E-state index in [1.165, 1.54) is 0 Å². The van der Waals surface area contributed by atoms with Gasteiger partial charge in [-0.05, 0) is 12.8 Å². The third kappa shape index (κ3) is 2.61. The zero-order valence-corrected chi connectivity index (χ0v) is 8.09. The molecule has 0 aromatic heterocycles. The van der Waals surface area contributed by atoms with E-state index in [2.05, 4.69) is 0 Å². The Morgan fingerprint density at radius 1 is 0.882 bits per heavy atom. The van der Waals surface area contributed by atoms with Crippen LogP contribution in [0.15, 0.2) is 23.3 Å². The normalized spacial score (nSPS) is 18.8. The van der Waals surface area contributed by atoms with E-state index in [0.717, 1.165) is 6.08 Å². The van der Waals surface area contributed by atoms with Gasteiger partial charge in [-0.15, -0.1) is 0 Å². The minimum absolute atomic E-state index is 0.262. The summed E-state index contributed by atoms with van der Waals surface area (Å²) in [6, 6.07) is 0. The van der Waals surface area contributed by atoms with Crippen molar-refractivity contribution < 1.29 is 35.1 Å². The minimum Gasteiger partial charge on any atom is -0.191 e. The molecule has 1 aliphatic rings. The molecule has 0 radical (unpaired) electrons. The van der Waals surface area contributed by atoms with Crippen LogP contribution in [0.1, 0.15) is 12.8 Å². The molecule has 1 rings (SSSR count). The van der Waals surface area contributed by atoms with E-state index >= 15 is 0 Å². The molecule has 1 aliphatic carbocycles. The van der Waals surface area contributed by atoms with Crippen molar-refractivity contribution in [3.8, 4) is 0 Å². The largest absolute Gasteiger partial charge is 0.457 e. The van der Waals surface area contributed by atoms with Crippen LogP contribution < -0.4 is 0 Å². The fourth-order valence-electron chi connectivity index (χ4n) is 1.43. The minimum atomic E-state index is -6.02. The van der Waals surface area contributed by atoms with Crippen molar-refractivity contribution >= 4 is 0 Å². The first-order valence-corrected chi connectivity index (χ1v) is 4.40. The van der Waals surface area contributed by atoms with E-state index in [1.807, 2.05) is 0 Å². The van der Waals surface area contributed by atoms with Crippen molar-refractivity contribution in [2.75, 3.05) is 0 Å². The third-order valence-corrected chi connectivity index (χ3v) is 2.21. The van der Waals surface area contributed by atoms with Crippen LogP contribution in [0.25, 0.3) is 0 Å². The molecule has 0 heterocycles. The predicted octanol–water partition coefficient (Wildman–Crippen LogP) is 4.39. The Bertz CT molecular complexity index is 354. The zero-order valence-electron chi connectivity index (χ0n) is 8.09. The summed E-state index contributed by atoms with van der Waals surface area (Å²) in [6.07, 6.45) is -11.3. The van der Waals surface area contributed by atoms with Crippen LogP contribution in [0, 0.1) is 0 Å². The molecule has 0 saturated heterocycles. The molecule has 0 spiro atoms. The van der Waals surface area contributed by atoms with Crippen molar-refractivity contribution in [3.63, 3.8) is 0 Å². The first-order valence-electron chi connectivity index (χ1n) is 4.40. The van der Waals surface area contributed by atoms with Gasteiger partial charge in [0.05, 0.1) is 5.57 Å². The van der Waals surface area contributed by atoms with Gasteiger partial charge in [-0.2, -0.15) is 35.1 Å². The summed E-state index contributed by atoms with van der Waals surface area (Å²) in [4.78, 5) is 0. The summed E-state index contributed by atoms with van der Waals surface area (Å²) >= 11 is 0. The molecule has 0 saturated carbocycles. The van der Waals surface area contributed by atoms with Gasteiger partial charge >= 0.3 is 18.3 Å². The molecule has 0 N–H and O–H groups in total. The van der Waals surface area contributed by atoms with Gasteiger partial charge in [0.15, 0.2) is 0 Å². The predicted molar refractivity (Wildman–Crippen MR) is 42.5 cm³/mol. The van der Waals surface area contributed by atoms with Gasteiger partial charge in [-0.25, -0.2) is 0 Å². The fourth-order valence-corrected chi connectivity index (χ4v) is 1.43. The highest BCUT2D eigenvalue weighted by Crippen LogP contribution is 2.47. The standard InChI is InChI=1S/C9H6F8/c10-7(11,9(15,16)17)5-3-1-2-4-6(5)8(12,13)14/h2,4H,1,3H2. The monoisotopic (exact) mass is 266 g/mol. The van der Waals surface area contributed by atoms with Crippen LogP contribution in [0.4, 0.5) is 35.1 Å². The van der Waals surface area contributed by atoms with E-state index < -0.39 is 35.8 Å². The summed E-state index contributed by atoms with van der Waals surface area (Å²) in [6.45, 7) is 0. The highest BCUT2D eigenvalue weighted by molar-refractivity contribution is 5.37. The number of hydrogen-bond donors (Lipinski definition) is 0. The second-order valence-corrected chi connectivity index (χ2v) is 3.40. The average molecular weight is 266 g/mol. The first kappa shape index (κ1) is 14.0.